The second-order valence-corrected chi connectivity index (χ2v) is 9.79. The van der Waals surface area contributed by atoms with Crippen molar-refractivity contribution in [1.82, 2.24) is 4.90 Å². The molecule has 4 rings (SSSR count). The summed E-state index contributed by atoms with van der Waals surface area (Å²) in [4.78, 5) is 3.31. The van der Waals surface area contributed by atoms with Crippen LogP contribution in [0.4, 0.5) is 0 Å². The van der Waals surface area contributed by atoms with E-state index in [1.165, 1.54) is 34.4 Å². The minimum absolute atomic E-state index is 0.144. The molecular formula is C26H26N3O2S+. The van der Waals surface area contributed by atoms with E-state index in [2.05, 4.69) is 48.5 Å². The van der Waals surface area contributed by atoms with Crippen molar-refractivity contribution < 1.29 is 13.3 Å². The van der Waals surface area contributed by atoms with Crippen molar-refractivity contribution in [1.29, 1.82) is 5.26 Å². The third kappa shape index (κ3) is 4.75. The Kier molecular flexibility index (Phi) is 6.69. The van der Waals surface area contributed by atoms with Crippen LogP contribution < -0.4 is 4.90 Å². The lowest BCUT2D eigenvalue weighted by atomic mass is 9.96. The fourth-order valence-corrected chi connectivity index (χ4v) is 5.41. The molecule has 1 aliphatic rings. The lowest BCUT2D eigenvalue weighted by Gasteiger charge is -2.36. The number of nitrogens with one attached hydrogen (secondary N) is 1. The molecule has 5 nitrogen and oxygen atoms in total. The topological polar surface area (TPSA) is 65.6 Å². The standard InChI is InChI=1S/C26H25N3O2S/c27-20-25(32(30,31)24-14-8-3-9-15-24)21-28-16-18-29(19-17-28)26(22-10-4-1-5-11-22)23-12-6-2-7-13-23/h1-15,21,26H,16-19H2/p+1/b25-21+. The van der Waals surface area contributed by atoms with E-state index in [4.69, 9.17) is 0 Å². The molecule has 3 aromatic rings. The van der Waals surface area contributed by atoms with Crippen LogP contribution in [0.25, 0.3) is 0 Å². The predicted octanol–water partition coefficient (Wildman–Crippen LogP) is 2.82. The fraction of sp³-hybridized carbons (Fsp3) is 0.192. The number of hydrogen-bond acceptors (Lipinski definition) is 4. The average Bonchev–Trinajstić information content (AvgIpc) is 2.85. The number of rotatable bonds is 6. The van der Waals surface area contributed by atoms with Gasteiger partial charge in [0, 0.05) is 17.3 Å². The van der Waals surface area contributed by atoms with Crippen LogP contribution >= 0.6 is 0 Å². The first-order valence-corrected chi connectivity index (χ1v) is 12.2. The molecule has 32 heavy (non-hydrogen) atoms. The molecule has 0 saturated carbocycles. The highest BCUT2D eigenvalue weighted by atomic mass is 32.2. The summed E-state index contributed by atoms with van der Waals surface area (Å²) < 4.78 is 25.7. The van der Waals surface area contributed by atoms with Gasteiger partial charge in [0.05, 0.1) is 31.1 Å². The molecule has 0 atom stereocenters. The van der Waals surface area contributed by atoms with E-state index in [1.807, 2.05) is 23.1 Å². The molecule has 1 fully saturated rings. The predicted molar refractivity (Wildman–Crippen MR) is 124 cm³/mol. The molecule has 0 aromatic heterocycles. The summed E-state index contributed by atoms with van der Waals surface area (Å²) >= 11 is 0. The molecule has 1 saturated heterocycles. The van der Waals surface area contributed by atoms with Crippen LogP contribution in [-0.2, 0) is 9.84 Å². The Hall–Kier alpha value is -3.40. The van der Waals surface area contributed by atoms with Crippen molar-refractivity contribution >= 4 is 9.84 Å². The van der Waals surface area contributed by atoms with Crippen LogP contribution in [0.5, 0.6) is 0 Å². The van der Waals surface area contributed by atoms with Crippen LogP contribution in [0.2, 0.25) is 0 Å². The van der Waals surface area contributed by atoms with Crippen LogP contribution in [0.1, 0.15) is 17.2 Å². The largest absolute Gasteiger partial charge is 0.364 e. The zero-order valence-electron chi connectivity index (χ0n) is 17.8. The van der Waals surface area contributed by atoms with E-state index < -0.39 is 9.84 Å². The number of nitriles is 1. The second-order valence-electron chi connectivity index (χ2n) is 7.87. The molecule has 0 amide bonds. The smallest absolute Gasteiger partial charge is 0.218 e. The summed E-state index contributed by atoms with van der Waals surface area (Å²) in [6.07, 6.45) is 1.51. The molecule has 0 aliphatic carbocycles. The van der Waals surface area contributed by atoms with Gasteiger partial charge < -0.3 is 9.80 Å². The maximum Gasteiger partial charge on any atom is 0.218 e. The zero-order chi connectivity index (χ0) is 22.4. The normalized spacial score (nSPS) is 15.5. The van der Waals surface area contributed by atoms with Crippen LogP contribution in [0, 0.1) is 11.3 Å². The summed E-state index contributed by atoms with van der Waals surface area (Å²) in [6, 6.07) is 31.2. The Balaban J connectivity index is 1.53. The minimum Gasteiger partial charge on any atom is -0.364 e. The molecule has 0 unspecified atom stereocenters. The highest BCUT2D eigenvalue weighted by molar-refractivity contribution is 7.95. The Morgan fingerprint density at radius 1 is 0.844 bits per heavy atom. The van der Waals surface area contributed by atoms with Crippen molar-refractivity contribution in [2.24, 2.45) is 0 Å². The first kappa shape index (κ1) is 21.8. The molecule has 6 heteroatoms. The van der Waals surface area contributed by atoms with Crippen molar-refractivity contribution in [2.45, 2.75) is 10.9 Å². The minimum atomic E-state index is -3.81. The van der Waals surface area contributed by atoms with Gasteiger partial charge in [-0.05, 0) is 12.1 Å². The third-order valence-corrected chi connectivity index (χ3v) is 7.54. The molecular weight excluding hydrogens is 418 g/mol. The monoisotopic (exact) mass is 444 g/mol. The van der Waals surface area contributed by atoms with Gasteiger partial charge in [-0.25, -0.2) is 8.42 Å². The Morgan fingerprint density at radius 2 is 1.31 bits per heavy atom. The molecule has 0 radical (unpaired) electrons. The molecule has 3 aromatic carbocycles. The first-order chi connectivity index (χ1) is 15.6. The molecule has 1 aliphatic heterocycles. The van der Waals surface area contributed by atoms with Gasteiger partial charge in [0.25, 0.3) is 0 Å². The average molecular weight is 445 g/mol. The van der Waals surface area contributed by atoms with E-state index in [-0.39, 0.29) is 15.8 Å². The number of quaternary nitrogens is 1. The quantitative estimate of drug-likeness (QED) is 0.594. The number of sulfone groups is 1. The second kappa shape index (κ2) is 9.82. The van der Waals surface area contributed by atoms with Crippen LogP contribution in [0.15, 0.2) is 107 Å². The summed E-state index contributed by atoms with van der Waals surface area (Å²) in [6.45, 7) is 3.05. The maximum atomic E-state index is 12.9. The number of allylic oxidation sites excluding steroid dienone is 1. The molecule has 0 bridgehead atoms. The summed E-state index contributed by atoms with van der Waals surface area (Å²) in [7, 11) is -3.81. The lowest BCUT2D eigenvalue weighted by Crippen LogP contribution is -3.15. The summed E-state index contributed by atoms with van der Waals surface area (Å²) in [5.41, 5.74) is 2.53. The van der Waals surface area contributed by atoms with Gasteiger partial charge in [-0.15, -0.1) is 0 Å². The van der Waals surface area contributed by atoms with E-state index in [0.29, 0.717) is 13.1 Å². The zero-order valence-corrected chi connectivity index (χ0v) is 18.6. The first-order valence-electron chi connectivity index (χ1n) is 10.7. The van der Waals surface area contributed by atoms with Crippen molar-refractivity contribution in [3.8, 4) is 6.07 Å². The highest BCUT2D eigenvalue weighted by Gasteiger charge is 2.30. The van der Waals surface area contributed by atoms with Crippen molar-refractivity contribution in [3.05, 3.63) is 113 Å². The molecule has 1 N–H and O–H groups in total. The van der Waals surface area contributed by atoms with Crippen molar-refractivity contribution in [3.63, 3.8) is 0 Å². The fourth-order valence-electron chi connectivity index (χ4n) is 4.23. The number of piperazine rings is 1. The lowest BCUT2D eigenvalue weighted by molar-refractivity contribution is -0.929. The van der Waals surface area contributed by atoms with E-state index >= 15 is 0 Å². The van der Waals surface area contributed by atoms with Gasteiger partial charge in [-0.3, -0.25) is 0 Å². The molecule has 1 heterocycles. The van der Waals surface area contributed by atoms with Gasteiger partial charge in [0.15, 0.2) is 4.91 Å². The SMILES string of the molecule is N#C/C(=C\N1CC[NH+](C(c2ccccc2)c2ccccc2)CC1)S(=O)(=O)c1ccccc1. The number of hydrogen-bond donors (Lipinski definition) is 1. The maximum absolute atomic E-state index is 12.9. The van der Waals surface area contributed by atoms with Gasteiger partial charge in [0.2, 0.25) is 9.84 Å². The van der Waals surface area contributed by atoms with Crippen LogP contribution in [0.3, 0.4) is 0 Å². The van der Waals surface area contributed by atoms with E-state index in [1.54, 1.807) is 18.2 Å². The number of benzene rings is 3. The van der Waals surface area contributed by atoms with E-state index in [0.717, 1.165) is 13.1 Å². The van der Waals surface area contributed by atoms with Gasteiger partial charge in [-0.1, -0.05) is 78.9 Å². The van der Waals surface area contributed by atoms with Gasteiger partial charge in [0.1, 0.15) is 12.1 Å². The summed E-state index contributed by atoms with van der Waals surface area (Å²) in [5, 5.41) is 9.56. The Labute approximate surface area is 189 Å². The Bertz CT molecular complexity index is 1160. The third-order valence-electron chi connectivity index (χ3n) is 5.87. The van der Waals surface area contributed by atoms with E-state index in [9.17, 15) is 13.7 Å². The number of nitrogens with zero attached hydrogens (tertiary/aromatic N) is 2. The van der Waals surface area contributed by atoms with Crippen molar-refractivity contribution in [2.75, 3.05) is 26.2 Å². The van der Waals surface area contributed by atoms with Gasteiger partial charge in [-0.2, -0.15) is 5.26 Å². The van der Waals surface area contributed by atoms with Gasteiger partial charge >= 0.3 is 0 Å². The molecule has 162 valence electrons. The summed E-state index contributed by atoms with van der Waals surface area (Å²) in [5.74, 6) is 0. The highest BCUT2D eigenvalue weighted by Crippen LogP contribution is 2.21. The molecule has 0 spiro atoms. The van der Waals surface area contributed by atoms with Crippen LogP contribution in [-0.4, -0.2) is 39.5 Å². The Morgan fingerprint density at radius 3 is 1.78 bits per heavy atom.